The Morgan fingerprint density at radius 3 is 2.47 bits per heavy atom. The zero-order chi connectivity index (χ0) is 21.5. The van der Waals surface area contributed by atoms with Crippen LogP contribution in [0.3, 0.4) is 0 Å². The van der Waals surface area contributed by atoms with E-state index in [1.165, 1.54) is 37.8 Å². The molecule has 6 nitrogen and oxygen atoms in total. The summed E-state index contributed by atoms with van der Waals surface area (Å²) in [5, 5.41) is 3.02. The molecule has 2 fully saturated rings. The molecule has 1 saturated heterocycles. The Hall–Kier alpha value is -1.82. The van der Waals surface area contributed by atoms with Gasteiger partial charge in [0, 0.05) is 56.2 Å². The maximum Gasteiger partial charge on any atom is 0.255 e. The fourth-order valence-electron chi connectivity index (χ4n) is 5.08. The molecular formula is C24H39N3O3. The van der Waals surface area contributed by atoms with Crippen LogP contribution in [-0.4, -0.2) is 54.1 Å². The maximum atomic E-state index is 13.2. The summed E-state index contributed by atoms with van der Waals surface area (Å²) >= 11 is 0. The van der Waals surface area contributed by atoms with Crippen LogP contribution in [-0.2, 0) is 9.53 Å². The molecule has 1 saturated carbocycles. The van der Waals surface area contributed by atoms with E-state index in [1.807, 2.05) is 11.8 Å². The minimum absolute atomic E-state index is 0.0100. The van der Waals surface area contributed by atoms with E-state index in [0.717, 1.165) is 30.5 Å². The standard InChI is InChI=1S/C24H39N3O3/c1-4-30-16-8-13-25-23(28)20-11-14-26(15-12-20)24(29)22-17-18(2)27(19(22)3)21-9-6-5-7-10-21/h17,20-21H,4-16H2,1-3H3,(H,25,28). The van der Waals surface area contributed by atoms with Crippen molar-refractivity contribution in [2.45, 2.75) is 78.2 Å². The molecule has 1 aromatic heterocycles. The lowest BCUT2D eigenvalue weighted by Gasteiger charge is -2.31. The van der Waals surface area contributed by atoms with Crippen molar-refractivity contribution in [3.8, 4) is 0 Å². The van der Waals surface area contributed by atoms with Gasteiger partial charge in [0.25, 0.3) is 5.91 Å². The first kappa shape index (κ1) is 22.9. The van der Waals surface area contributed by atoms with Crippen molar-refractivity contribution in [2.24, 2.45) is 5.92 Å². The number of nitrogens with one attached hydrogen (secondary N) is 1. The number of carbonyl (C=O) groups excluding carboxylic acids is 2. The van der Waals surface area contributed by atoms with Crippen LogP contribution in [0.1, 0.15) is 86.1 Å². The molecule has 30 heavy (non-hydrogen) atoms. The van der Waals surface area contributed by atoms with Crippen LogP contribution in [0.15, 0.2) is 6.07 Å². The highest BCUT2D eigenvalue weighted by atomic mass is 16.5. The van der Waals surface area contributed by atoms with E-state index in [2.05, 4.69) is 29.8 Å². The number of piperidine rings is 1. The van der Waals surface area contributed by atoms with Crippen LogP contribution in [0.2, 0.25) is 0 Å². The molecule has 1 aromatic rings. The predicted octanol–water partition coefficient (Wildman–Crippen LogP) is 4.01. The molecule has 1 aliphatic carbocycles. The molecule has 0 spiro atoms. The van der Waals surface area contributed by atoms with Gasteiger partial charge in [-0.05, 0) is 58.9 Å². The fourth-order valence-corrected chi connectivity index (χ4v) is 5.08. The molecule has 1 aliphatic heterocycles. The second kappa shape index (κ2) is 11.0. The average Bonchev–Trinajstić information content (AvgIpc) is 3.07. The van der Waals surface area contributed by atoms with E-state index in [0.29, 0.717) is 38.9 Å². The van der Waals surface area contributed by atoms with Crippen molar-refractivity contribution in [1.82, 2.24) is 14.8 Å². The van der Waals surface area contributed by atoms with Gasteiger partial charge in [0.05, 0.1) is 5.56 Å². The number of aryl methyl sites for hydroxylation is 1. The van der Waals surface area contributed by atoms with Crippen molar-refractivity contribution in [1.29, 1.82) is 0 Å². The van der Waals surface area contributed by atoms with E-state index in [4.69, 9.17) is 4.74 Å². The Morgan fingerprint density at radius 1 is 1.10 bits per heavy atom. The summed E-state index contributed by atoms with van der Waals surface area (Å²) in [5.74, 6) is 0.255. The van der Waals surface area contributed by atoms with E-state index in [1.54, 1.807) is 0 Å². The van der Waals surface area contributed by atoms with Crippen LogP contribution in [0, 0.1) is 19.8 Å². The third-order valence-corrected chi connectivity index (χ3v) is 6.78. The minimum Gasteiger partial charge on any atom is -0.382 e. The molecule has 0 radical (unpaired) electrons. The van der Waals surface area contributed by atoms with E-state index >= 15 is 0 Å². The summed E-state index contributed by atoms with van der Waals surface area (Å²) in [5.41, 5.74) is 3.15. The summed E-state index contributed by atoms with van der Waals surface area (Å²) in [4.78, 5) is 27.5. The number of nitrogens with zero attached hydrogens (tertiary/aromatic N) is 2. The van der Waals surface area contributed by atoms with Crippen LogP contribution in [0.25, 0.3) is 0 Å². The number of carbonyl (C=O) groups is 2. The summed E-state index contributed by atoms with van der Waals surface area (Å²) in [7, 11) is 0. The first-order valence-corrected chi connectivity index (χ1v) is 11.9. The van der Waals surface area contributed by atoms with Gasteiger partial charge >= 0.3 is 0 Å². The van der Waals surface area contributed by atoms with Gasteiger partial charge in [0.15, 0.2) is 0 Å². The molecule has 0 aromatic carbocycles. The Labute approximate surface area is 181 Å². The Kier molecular flexibility index (Phi) is 8.37. The van der Waals surface area contributed by atoms with Gasteiger partial charge in [-0.3, -0.25) is 9.59 Å². The molecule has 0 bridgehead atoms. The van der Waals surface area contributed by atoms with Gasteiger partial charge in [0.1, 0.15) is 0 Å². The minimum atomic E-state index is 0.0100. The lowest BCUT2D eigenvalue weighted by Crippen LogP contribution is -2.43. The van der Waals surface area contributed by atoms with Crippen LogP contribution < -0.4 is 5.32 Å². The Balaban J connectivity index is 1.52. The predicted molar refractivity (Wildman–Crippen MR) is 119 cm³/mol. The Morgan fingerprint density at radius 2 is 1.80 bits per heavy atom. The van der Waals surface area contributed by atoms with Gasteiger partial charge < -0.3 is 19.5 Å². The highest BCUT2D eigenvalue weighted by Gasteiger charge is 2.30. The molecule has 0 unspecified atom stereocenters. The molecule has 1 N–H and O–H groups in total. The highest BCUT2D eigenvalue weighted by Crippen LogP contribution is 2.32. The zero-order valence-corrected chi connectivity index (χ0v) is 19.0. The third kappa shape index (κ3) is 5.45. The van der Waals surface area contributed by atoms with Crippen LogP contribution >= 0.6 is 0 Å². The Bertz CT molecular complexity index is 714. The van der Waals surface area contributed by atoms with Gasteiger partial charge in [-0.1, -0.05) is 19.3 Å². The summed E-state index contributed by atoms with van der Waals surface area (Å²) in [6.07, 6.45) is 8.65. The number of amides is 2. The normalized spacial score (nSPS) is 18.6. The number of aromatic nitrogens is 1. The van der Waals surface area contributed by atoms with E-state index in [-0.39, 0.29) is 17.7 Å². The number of ether oxygens (including phenoxy) is 1. The van der Waals surface area contributed by atoms with E-state index in [9.17, 15) is 9.59 Å². The van der Waals surface area contributed by atoms with Gasteiger partial charge in [0.2, 0.25) is 5.91 Å². The molecule has 2 amide bonds. The summed E-state index contributed by atoms with van der Waals surface area (Å²) in [6.45, 7) is 9.56. The maximum absolute atomic E-state index is 13.2. The van der Waals surface area contributed by atoms with Crippen LogP contribution in [0.5, 0.6) is 0 Å². The average molecular weight is 418 g/mol. The SMILES string of the molecule is CCOCCCNC(=O)C1CCN(C(=O)c2cc(C)n(C3CCCCC3)c2C)CC1. The number of rotatable bonds is 8. The smallest absolute Gasteiger partial charge is 0.255 e. The van der Waals surface area contributed by atoms with Gasteiger partial charge in [-0.15, -0.1) is 0 Å². The van der Waals surface area contributed by atoms with Crippen molar-refractivity contribution >= 4 is 11.8 Å². The lowest BCUT2D eigenvalue weighted by atomic mass is 9.94. The van der Waals surface area contributed by atoms with Gasteiger partial charge in [-0.25, -0.2) is 0 Å². The zero-order valence-electron chi connectivity index (χ0n) is 19.0. The third-order valence-electron chi connectivity index (χ3n) is 6.78. The molecule has 2 heterocycles. The number of hydrogen-bond acceptors (Lipinski definition) is 3. The molecule has 6 heteroatoms. The number of hydrogen-bond donors (Lipinski definition) is 1. The second-order valence-electron chi connectivity index (χ2n) is 8.85. The topological polar surface area (TPSA) is 63.6 Å². The van der Waals surface area contributed by atoms with Crippen molar-refractivity contribution < 1.29 is 14.3 Å². The first-order valence-electron chi connectivity index (χ1n) is 11.9. The highest BCUT2D eigenvalue weighted by molar-refractivity contribution is 5.96. The fraction of sp³-hybridized carbons (Fsp3) is 0.750. The van der Waals surface area contributed by atoms with Gasteiger partial charge in [-0.2, -0.15) is 0 Å². The lowest BCUT2D eigenvalue weighted by molar-refractivity contribution is -0.126. The van der Waals surface area contributed by atoms with Crippen molar-refractivity contribution in [3.63, 3.8) is 0 Å². The summed E-state index contributed by atoms with van der Waals surface area (Å²) in [6, 6.07) is 2.61. The molecule has 3 rings (SSSR count). The van der Waals surface area contributed by atoms with Crippen LogP contribution in [0.4, 0.5) is 0 Å². The molecule has 2 aliphatic rings. The van der Waals surface area contributed by atoms with E-state index < -0.39 is 0 Å². The van der Waals surface area contributed by atoms with Crippen molar-refractivity contribution in [2.75, 3.05) is 32.8 Å². The quantitative estimate of drug-likeness (QED) is 0.650. The largest absolute Gasteiger partial charge is 0.382 e. The first-order chi connectivity index (χ1) is 14.5. The summed E-state index contributed by atoms with van der Waals surface area (Å²) < 4.78 is 7.70. The second-order valence-corrected chi connectivity index (χ2v) is 8.85. The monoisotopic (exact) mass is 417 g/mol. The molecule has 168 valence electrons. The molecule has 0 atom stereocenters. The van der Waals surface area contributed by atoms with Crippen molar-refractivity contribution in [3.05, 3.63) is 23.0 Å². The molecular weight excluding hydrogens is 378 g/mol. The number of likely N-dealkylation sites (tertiary alicyclic amines) is 1.